The second-order valence-electron chi connectivity index (χ2n) is 2.79. The Balaban J connectivity index is 2.52. The van der Waals surface area contributed by atoms with E-state index in [0.29, 0.717) is 15.9 Å². The van der Waals surface area contributed by atoms with Crippen molar-refractivity contribution in [2.75, 3.05) is 11.5 Å². The van der Waals surface area contributed by atoms with E-state index in [2.05, 4.69) is 45.2 Å². The fraction of sp³-hybridized carbons (Fsp3) is 0.857. The molecule has 1 saturated heterocycles. The molecule has 11 heavy (non-hydrogen) atoms. The molecule has 1 heterocycles. The van der Waals surface area contributed by atoms with Crippen molar-refractivity contribution in [3.05, 3.63) is 0 Å². The Morgan fingerprint density at radius 3 is 2.73 bits per heavy atom. The van der Waals surface area contributed by atoms with Crippen LogP contribution in [0.4, 0.5) is 0 Å². The van der Waals surface area contributed by atoms with Crippen molar-refractivity contribution < 1.29 is 4.79 Å². The van der Waals surface area contributed by atoms with Gasteiger partial charge in [-0.3, -0.25) is 4.79 Å². The van der Waals surface area contributed by atoms with Gasteiger partial charge in [-0.15, -0.1) is 0 Å². The van der Waals surface area contributed by atoms with Gasteiger partial charge in [0.2, 0.25) is 5.91 Å². The summed E-state index contributed by atoms with van der Waals surface area (Å²) in [6, 6.07) is 0. The third-order valence-electron chi connectivity index (χ3n) is 2.05. The van der Waals surface area contributed by atoms with Crippen molar-refractivity contribution in [3.63, 3.8) is 0 Å². The Morgan fingerprint density at radius 1 is 1.73 bits per heavy atom. The van der Waals surface area contributed by atoms with Crippen LogP contribution in [0.1, 0.15) is 12.8 Å². The maximum absolute atomic E-state index is 11.4. The lowest BCUT2D eigenvalue weighted by Gasteiger charge is -2.12. The molecule has 2 nitrogen and oxygen atoms in total. The largest absolute Gasteiger partial charge is 0.334 e. The van der Waals surface area contributed by atoms with Crippen LogP contribution in [0, 0.1) is 5.92 Å². The lowest BCUT2D eigenvalue weighted by atomic mass is 10.1. The zero-order valence-corrected chi connectivity index (χ0v) is 10.7. The van der Waals surface area contributed by atoms with Gasteiger partial charge in [0.05, 0.1) is 4.05 Å². The molecule has 1 aliphatic rings. The quantitative estimate of drug-likeness (QED) is 0.409. The van der Waals surface area contributed by atoms with Gasteiger partial charge in [0.25, 0.3) is 0 Å². The van der Waals surface area contributed by atoms with Gasteiger partial charge in [-0.2, -0.15) is 0 Å². The van der Waals surface area contributed by atoms with Crippen molar-refractivity contribution in [1.29, 1.82) is 0 Å². The van der Waals surface area contributed by atoms with Gasteiger partial charge in [-0.05, 0) is 12.8 Å². The summed E-state index contributed by atoms with van der Waals surface area (Å²) in [5, 5.41) is 0. The fourth-order valence-corrected chi connectivity index (χ4v) is 2.93. The Hall–Kier alpha value is 0.930. The van der Waals surface area contributed by atoms with Gasteiger partial charge in [0, 0.05) is 17.4 Å². The van der Waals surface area contributed by atoms with E-state index < -0.39 is 0 Å². The number of amides is 1. The molecule has 0 saturated carbocycles. The minimum absolute atomic E-state index is 0.304. The molecule has 0 bridgehead atoms. The molecule has 0 aromatic carbocycles. The average Bonchev–Trinajstić information content (AvgIpc) is 2.19. The maximum Gasteiger partial charge on any atom is 0.226 e. The summed E-state index contributed by atoms with van der Waals surface area (Å²) in [5.41, 5.74) is 0. The lowest BCUT2D eigenvalue weighted by molar-refractivity contribution is -0.130. The highest BCUT2D eigenvalue weighted by molar-refractivity contribution is 14.1. The molecule has 0 N–H and O–H groups in total. The molecule has 0 aromatic rings. The zero-order valence-electron chi connectivity index (χ0n) is 6.39. The highest BCUT2D eigenvalue weighted by Crippen LogP contribution is 2.29. The monoisotopic (exact) mass is 379 g/mol. The molecule has 1 amide bonds. The van der Waals surface area contributed by atoms with Gasteiger partial charge in [-0.1, -0.05) is 45.2 Å². The topological polar surface area (TPSA) is 20.3 Å². The van der Waals surface area contributed by atoms with E-state index in [1.807, 2.05) is 11.9 Å². The molecule has 0 aliphatic carbocycles. The van der Waals surface area contributed by atoms with E-state index in [0.717, 1.165) is 17.3 Å². The summed E-state index contributed by atoms with van der Waals surface area (Å²) in [6.45, 7) is 0. The van der Waals surface area contributed by atoms with E-state index in [-0.39, 0.29) is 0 Å². The summed E-state index contributed by atoms with van der Waals surface area (Å²) >= 11 is 4.66. The molecular weight excluding hydrogens is 368 g/mol. The Morgan fingerprint density at radius 2 is 2.36 bits per heavy atom. The minimum Gasteiger partial charge on any atom is -0.334 e. The molecule has 0 aromatic heterocycles. The van der Waals surface area contributed by atoms with Crippen LogP contribution in [-0.4, -0.2) is 26.3 Å². The minimum atomic E-state index is 0.304. The van der Waals surface area contributed by atoms with E-state index in [4.69, 9.17) is 0 Å². The maximum atomic E-state index is 11.4. The molecule has 64 valence electrons. The van der Waals surface area contributed by atoms with Crippen LogP contribution in [-0.2, 0) is 4.79 Å². The predicted octanol–water partition coefficient (Wildman–Crippen LogP) is 2.05. The van der Waals surface area contributed by atoms with Crippen LogP contribution < -0.4 is 0 Å². The van der Waals surface area contributed by atoms with E-state index >= 15 is 0 Å². The van der Waals surface area contributed by atoms with Crippen molar-refractivity contribution in [2.45, 2.75) is 16.9 Å². The molecule has 1 aliphatic heterocycles. The first-order valence-corrected chi connectivity index (χ1v) is 6.40. The van der Waals surface area contributed by atoms with E-state index in [1.165, 1.54) is 0 Å². The SMILES string of the molecule is CN1C(=O)C(CCI)CC1I. The molecule has 0 radical (unpaired) electrons. The zero-order chi connectivity index (χ0) is 8.43. The number of alkyl halides is 2. The molecule has 2 unspecified atom stereocenters. The summed E-state index contributed by atoms with van der Waals surface area (Å²) in [5.74, 6) is 0.639. The molecule has 2 atom stereocenters. The Kier molecular flexibility index (Phi) is 3.87. The van der Waals surface area contributed by atoms with Gasteiger partial charge in [0.1, 0.15) is 0 Å². The van der Waals surface area contributed by atoms with Gasteiger partial charge >= 0.3 is 0 Å². The molecule has 1 fully saturated rings. The smallest absolute Gasteiger partial charge is 0.226 e. The number of hydrogen-bond acceptors (Lipinski definition) is 1. The summed E-state index contributed by atoms with van der Waals surface area (Å²) in [4.78, 5) is 13.3. The van der Waals surface area contributed by atoms with Crippen LogP contribution in [0.5, 0.6) is 0 Å². The summed E-state index contributed by atoms with van der Waals surface area (Å²) in [7, 11) is 1.90. The molecule has 0 spiro atoms. The molecule has 4 heteroatoms. The third kappa shape index (κ3) is 2.19. The number of halogens is 2. The van der Waals surface area contributed by atoms with Crippen LogP contribution in [0.2, 0.25) is 0 Å². The third-order valence-corrected chi connectivity index (χ3v) is 4.02. The van der Waals surface area contributed by atoms with Gasteiger partial charge in [-0.25, -0.2) is 0 Å². The second-order valence-corrected chi connectivity index (χ2v) is 5.31. The number of rotatable bonds is 2. The van der Waals surface area contributed by atoms with Crippen LogP contribution >= 0.6 is 45.2 Å². The Bertz CT molecular complexity index is 163. The normalized spacial score (nSPS) is 31.5. The number of hydrogen-bond donors (Lipinski definition) is 0. The van der Waals surface area contributed by atoms with E-state index in [1.54, 1.807) is 0 Å². The molecule has 1 rings (SSSR count). The van der Waals surface area contributed by atoms with Crippen LogP contribution in [0.25, 0.3) is 0 Å². The highest BCUT2D eigenvalue weighted by Gasteiger charge is 2.34. The molecular formula is C7H11I2NO. The number of likely N-dealkylation sites (tertiary alicyclic amines) is 1. The van der Waals surface area contributed by atoms with Crippen molar-refractivity contribution in [3.8, 4) is 0 Å². The van der Waals surface area contributed by atoms with Crippen LogP contribution in [0.3, 0.4) is 0 Å². The predicted molar refractivity (Wildman–Crippen MR) is 62.2 cm³/mol. The fourth-order valence-electron chi connectivity index (χ4n) is 1.29. The van der Waals surface area contributed by atoms with Crippen molar-refractivity contribution in [2.24, 2.45) is 5.92 Å². The first-order chi connectivity index (χ1) is 5.16. The average molecular weight is 379 g/mol. The van der Waals surface area contributed by atoms with Crippen LogP contribution in [0.15, 0.2) is 0 Å². The second kappa shape index (κ2) is 4.25. The number of nitrogens with zero attached hydrogens (tertiary/aromatic N) is 1. The summed E-state index contributed by atoms with van der Waals surface area (Å²) < 4.78 is 1.51. The summed E-state index contributed by atoms with van der Waals surface area (Å²) in [6.07, 6.45) is 2.09. The van der Waals surface area contributed by atoms with Gasteiger partial charge < -0.3 is 4.90 Å². The van der Waals surface area contributed by atoms with Crippen molar-refractivity contribution in [1.82, 2.24) is 4.90 Å². The number of carbonyl (C=O) groups is 1. The van der Waals surface area contributed by atoms with Gasteiger partial charge in [0.15, 0.2) is 0 Å². The lowest BCUT2D eigenvalue weighted by Crippen LogP contribution is -2.25. The number of carbonyl (C=O) groups excluding carboxylic acids is 1. The first kappa shape index (κ1) is 10.0. The highest BCUT2D eigenvalue weighted by atomic mass is 127. The van der Waals surface area contributed by atoms with E-state index in [9.17, 15) is 4.79 Å². The standard InChI is InChI=1S/C7H11I2NO/c1-10-6(9)4-5(2-3-8)7(10)11/h5-6H,2-4H2,1H3. The first-order valence-electron chi connectivity index (χ1n) is 3.63. The Labute approximate surface area is 94.4 Å². The van der Waals surface area contributed by atoms with Crippen molar-refractivity contribution >= 4 is 51.1 Å².